The Morgan fingerprint density at radius 2 is 1.56 bits per heavy atom. The molecule has 0 bridgehead atoms. The van der Waals surface area contributed by atoms with Crippen molar-refractivity contribution in [2.75, 3.05) is 13.2 Å². The van der Waals surface area contributed by atoms with Crippen LogP contribution in [-0.4, -0.2) is 71.2 Å². The molecule has 0 spiro atoms. The zero-order valence-corrected chi connectivity index (χ0v) is 18.1. The molecule has 1 aromatic carbocycles. The molecule has 0 aliphatic carbocycles. The summed E-state index contributed by atoms with van der Waals surface area (Å²) in [5, 5.41) is 25.5. The SMILES string of the molecule is CC(NC(=O)C(N)CCCCN)C(=O)NC(Cc1ccccc1)C(=O)NC(CO)C(=O)O. The number of aliphatic carboxylic acids is 1. The number of nitrogens with two attached hydrogens (primary N) is 2. The summed E-state index contributed by atoms with van der Waals surface area (Å²) >= 11 is 0. The van der Waals surface area contributed by atoms with Gasteiger partial charge < -0.3 is 37.6 Å². The highest BCUT2D eigenvalue weighted by Crippen LogP contribution is 2.05. The summed E-state index contributed by atoms with van der Waals surface area (Å²) in [4.78, 5) is 48.6. The number of aliphatic hydroxyl groups excluding tert-OH is 1. The molecule has 4 unspecified atom stereocenters. The summed E-state index contributed by atoms with van der Waals surface area (Å²) in [6.45, 7) is 1.14. The van der Waals surface area contributed by atoms with Gasteiger partial charge in [0.1, 0.15) is 18.1 Å². The maximum absolute atomic E-state index is 12.6. The van der Waals surface area contributed by atoms with Crippen LogP contribution in [0.3, 0.4) is 0 Å². The predicted molar refractivity (Wildman–Crippen MR) is 117 cm³/mol. The van der Waals surface area contributed by atoms with Crippen molar-refractivity contribution in [3.8, 4) is 0 Å². The quantitative estimate of drug-likeness (QED) is 0.161. The van der Waals surface area contributed by atoms with Gasteiger partial charge >= 0.3 is 5.97 Å². The largest absolute Gasteiger partial charge is 0.480 e. The molecule has 11 nitrogen and oxygen atoms in total. The standard InChI is InChI=1S/C21H33N5O6/c1-13(24-19(29)15(23)9-5-6-10-22)18(28)25-16(11-14-7-3-2-4-8-14)20(30)26-17(12-27)21(31)32/h2-4,7-8,13,15-17,27H,5-6,9-12,22-23H2,1H3,(H,24,29)(H,25,28)(H,26,30)(H,31,32). The average molecular weight is 452 g/mol. The lowest BCUT2D eigenvalue weighted by atomic mass is 10.0. The van der Waals surface area contributed by atoms with Crippen molar-refractivity contribution in [2.45, 2.75) is 56.8 Å². The monoisotopic (exact) mass is 451 g/mol. The minimum absolute atomic E-state index is 0.0788. The topological polar surface area (TPSA) is 197 Å². The Morgan fingerprint density at radius 3 is 2.12 bits per heavy atom. The molecule has 178 valence electrons. The number of carboxylic acids is 1. The summed E-state index contributed by atoms with van der Waals surface area (Å²) in [5.74, 6) is -3.32. The number of carboxylic acid groups (broad SMARTS) is 1. The number of carbonyl (C=O) groups is 4. The van der Waals surface area contributed by atoms with Crippen molar-refractivity contribution in [1.82, 2.24) is 16.0 Å². The second-order valence-electron chi connectivity index (χ2n) is 7.45. The van der Waals surface area contributed by atoms with Crippen molar-refractivity contribution >= 4 is 23.7 Å². The third-order valence-corrected chi connectivity index (χ3v) is 4.77. The maximum Gasteiger partial charge on any atom is 0.328 e. The van der Waals surface area contributed by atoms with Gasteiger partial charge in [-0.05, 0) is 31.9 Å². The van der Waals surface area contributed by atoms with Crippen LogP contribution in [0.15, 0.2) is 30.3 Å². The van der Waals surface area contributed by atoms with Gasteiger partial charge in [0.15, 0.2) is 0 Å². The average Bonchev–Trinajstić information content (AvgIpc) is 2.77. The Bertz CT molecular complexity index is 760. The van der Waals surface area contributed by atoms with Crippen LogP contribution >= 0.6 is 0 Å². The smallest absolute Gasteiger partial charge is 0.328 e. The number of hydrogen-bond donors (Lipinski definition) is 7. The van der Waals surface area contributed by atoms with Gasteiger partial charge in [-0.15, -0.1) is 0 Å². The first-order valence-corrected chi connectivity index (χ1v) is 10.4. The van der Waals surface area contributed by atoms with Crippen molar-refractivity contribution < 1.29 is 29.4 Å². The van der Waals surface area contributed by atoms with E-state index in [1.54, 1.807) is 30.3 Å². The van der Waals surface area contributed by atoms with E-state index in [9.17, 15) is 19.2 Å². The predicted octanol–water partition coefficient (Wildman–Crippen LogP) is -1.76. The molecule has 0 radical (unpaired) electrons. The molecule has 1 rings (SSSR count). The number of benzene rings is 1. The van der Waals surface area contributed by atoms with Crippen LogP contribution < -0.4 is 27.4 Å². The Balaban J connectivity index is 2.81. The molecule has 0 heterocycles. The van der Waals surface area contributed by atoms with E-state index in [2.05, 4.69) is 16.0 Å². The normalized spacial score (nSPS) is 14.5. The first kappa shape index (κ1) is 27.0. The second-order valence-corrected chi connectivity index (χ2v) is 7.45. The Hall–Kier alpha value is -3.02. The molecule has 4 atom stereocenters. The molecule has 1 aromatic rings. The van der Waals surface area contributed by atoms with E-state index in [-0.39, 0.29) is 6.42 Å². The Labute approximate surface area is 186 Å². The number of unbranched alkanes of at least 4 members (excludes halogenated alkanes) is 1. The van der Waals surface area contributed by atoms with Crippen LogP contribution in [0.25, 0.3) is 0 Å². The number of carbonyl (C=O) groups excluding carboxylic acids is 3. The molecule has 3 amide bonds. The third kappa shape index (κ3) is 9.41. The zero-order chi connectivity index (χ0) is 24.1. The molecule has 0 fully saturated rings. The van der Waals surface area contributed by atoms with E-state index in [0.717, 1.165) is 12.0 Å². The highest BCUT2D eigenvalue weighted by Gasteiger charge is 2.28. The molecule has 0 aliphatic rings. The number of aliphatic hydroxyl groups is 1. The first-order chi connectivity index (χ1) is 15.2. The highest BCUT2D eigenvalue weighted by atomic mass is 16.4. The van der Waals surface area contributed by atoms with E-state index in [4.69, 9.17) is 21.7 Å². The number of nitrogens with one attached hydrogen (secondary N) is 3. The van der Waals surface area contributed by atoms with Gasteiger partial charge in [0, 0.05) is 6.42 Å². The lowest BCUT2D eigenvalue weighted by Gasteiger charge is -2.23. The molecule has 32 heavy (non-hydrogen) atoms. The fourth-order valence-electron chi connectivity index (χ4n) is 2.84. The van der Waals surface area contributed by atoms with E-state index in [1.165, 1.54) is 6.92 Å². The van der Waals surface area contributed by atoms with E-state index < -0.39 is 54.5 Å². The lowest BCUT2D eigenvalue weighted by Crippen LogP contribution is -2.57. The summed E-state index contributed by atoms with van der Waals surface area (Å²) in [5.41, 5.74) is 12.0. The molecule has 0 aromatic heterocycles. The van der Waals surface area contributed by atoms with Crippen molar-refractivity contribution in [2.24, 2.45) is 11.5 Å². The molecule has 0 saturated heterocycles. The van der Waals surface area contributed by atoms with Gasteiger partial charge in [-0.2, -0.15) is 0 Å². The van der Waals surface area contributed by atoms with Crippen molar-refractivity contribution in [3.63, 3.8) is 0 Å². The fraction of sp³-hybridized carbons (Fsp3) is 0.524. The fourth-order valence-corrected chi connectivity index (χ4v) is 2.84. The lowest BCUT2D eigenvalue weighted by molar-refractivity contribution is -0.143. The molecule has 9 N–H and O–H groups in total. The van der Waals surface area contributed by atoms with Crippen LogP contribution in [0.2, 0.25) is 0 Å². The molecule has 11 heteroatoms. The van der Waals surface area contributed by atoms with Gasteiger partial charge in [-0.3, -0.25) is 14.4 Å². The number of amides is 3. The van der Waals surface area contributed by atoms with Crippen LogP contribution in [-0.2, 0) is 25.6 Å². The van der Waals surface area contributed by atoms with E-state index >= 15 is 0 Å². The summed E-state index contributed by atoms with van der Waals surface area (Å²) in [6.07, 6.45) is 1.92. The van der Waals surface area contributed by atoms with Gasteiger partial charge in [-0.25, -0.2) is 4.79 Å². The minimum Gasteiger partial charge on any atom is -0.480 e. The number of rotatable bonds is 14. The summed E-state index contributed by atoms with van der Waals surface area (Å²) in [6, 6.07) is 4.39. The van der Waals surface area contributed by atoms with Gasteiger partial charge in [0.2, 0.25) is 17.7 Å². The van der Waals surface area contributed by atoms with Crippen LogP contribution in [0.4, 0.5) is 0 Å². The summed E-state index contributed by atoms with van der Waals surface area (Å²) < 4.78 is 0. The minimum atomic E-state index is -1.51. The first-order valence-electron chi connectivity index (χ1n) is 10.4. The maximum atomic E-state index is 12.6. The van der Waals surface area contributed by atoms with Crippen molar-refractivity contribution in [3.05, 3.63) is 35.9 Å². The van der Waals surface area contributed by atoms with Crippen LogP contribution in [0, 0.1) is 0 Å². The van der Waals surface area contributed by atoms with Gasteiger partial charge in [0.25, 0.3) is 0 Å². The second kappa shape index (κ2) is 14.1. The van der Waals surface area contributed by atoms with E-state index in [1.807, 2.05) is 0 Å². The number of hydrogen-bond acceptors (Lipinski definition) is 7. The zero-order valence-electron chi connectivity index (χ0n) is 18.1. The highest BCUT2D eigenvalue weighted by molar-refractivity contribution is 5.94. The van der Waals surface area contributed by atoms with E-state index in [0.29, 0.717) is 19.4 Å². The molecule has 0 aliphatic heterocycles. The summed E-state index contributed by atoms with van der Waals surface area (Å²) in [7, 11) is 0. The Kier molecular flexibility index (Phi) is 11.9. The van der Waals surface area contributed by atoms with Gasteiger partial charge in [-0.1, -0.05) is 36.8 Å². The molecule has 0 saturated carbocycles. The third-order valence-electron chi connectivity index (χ3n) is 4.77. The van der Waals surface area contributed by atoms with Crippen LogP contribution in [0.5, 0.6) is 0 Å². The van der Waals surface area contributed by atoms with Gasteiger partial charge in [0.05, 0.1) is 12.6 Å². The molecular weight excluding hydrogens is 418 g/mol. The Morgan fingerprint density at radius 1 is 0.938 bits per heavy atom. The van der Waals surface area contributed by atoms with Crippen LogP contribution in [0.1, 0.15) is 31.7 Å². The van der Waals surface area contributed by atoms with Crippen molar-refractivity contribution in [1.29, 1.82) is 0 Å². The molecular formula is C21H33N5O6.